The second-order valence-electron chi connectivity index (χ2n) is 5.05. The molecule has 0 aliphatic carbocycles. The van der Waals surface area contributed by atoms with Gasteiger partial charge in [-0.2, -0.15) is 0 Å². The lowest BCUT2D eigenvalue weighted by Gasteiger charge is -2.18. The molecule has 0 aromatic heterocycles. The summed E-state index contributed by atoms with van der Waals surface area (Å²) in [5, 5.41) is 19.8. The Labute approximate surface area is 121 Å². The molecule has 1 heterocycles. The molecular formula is C13H18N4O4. The molecule has 1 atom stereocenters. The van der Waals surface area contributed by atoms with Crippen LogP contribution in [-0.4, -0.2) is 40.5 Å². The summed E-state index contributed by atoms with van der Waals surface area (Å²) < 4.78 is 0. The molecule has 8 heteroatoms. The van der Waals surface area contributed by atoms with Gasteiger partial charge in [-0.15, -0.1) is 0 Å². The van der Waals surface area contributed by atoms with Gasteiger partial charge in [0.2, 0.25) is 0 Å². The number of carbonyl (C=O) groups is 1. The first-order valence-corrected chi connectivity index (χ1v) is 6.72. The van der Waals surface area contributed by atoms with E-state index in [9.17, 15) is 14.9 Å². The number of nitro benzene ring substituents is 1. The standard InChI is InChI=1S/C13H18N4O4/c14-15-12-2-1-10(17(20)21)7-11(12)13(19)16-5-3-9(8-16)4-6-18/h1-2,7,9,15,18H,3-6,8,14H2. The van der Waals surface area contributed by atoms with Crippen molar-refractivity contribution < 1.29 is 14.8 Å². The number of amides is 1. The molecule has 0 radical (unpaired) electrons. The molecule has 1 amide bonds. The molecule has 1 aliphatic heterocycles. The van der Waals surface area contributed by atoms with E-state index in [2.05, 4.69) is 5.43 Å². The molecule has 1 aliphatic rings. The lowest BCUT2D eigenvalue weighted by molar-refractivity contribution is -0.384. The summed E-state index contributed by atoms with van der Waals surface area (Å²) in [7, 11) is 0. The van der Waals surface area contributed by atoms with Gasteiger partial charge in [-0.25, -0.2) is 0 Å². The molecule has 1 fully saturated rings. The fourth-order valence-corrected chi connectivity index (χ4v) is 2.55. The van der Waals surface area contributed by atoms with E-state index in [0.717, 1.165) is 6.42 Å². The van der Waals surface area contributed by atoms with Crippen LogP contribution in [0.1, 0.15) is 23.2 Å². The largest absolute Gasteiger partial charge is 0.396 e. The first kappa shape index (κ1) is 15.2. The van der Waals surface area contributed by atoms with Crippen molar-refractivity contribution in [2.75, 3.05) is 25.1 Å². The maximum absolute atomic E-state index is 12.5. The fraction of sp³-hybridized carbons (Fsp3) is 0.462. The summed E-state index contributed by atoms with van der Waals surface area (Å²) in [6, 6.07) is 3.95. The van der Waals surface area contributed by atoms with E-state index >= 15 is 0 Å². The number of nitrogens with zero attached hydrogens (tertiary/aromatic N) is 2. The molecule has 1 unspecified atom stereocenters. The summed E-state index contributed by atoms with van der Waals surface area (Å²) in [4.78, 5) is 24.4. The zero-order valence-corrected chi connectivity index (χ0v) is 11.5. The maximum Gasteiger partial charge on any atom is 0.270 e. The Kier molecular flexibility index (Phi) is 4.71. The average Bonchev–Trinajstić information content (AvgIpc) is 2.94. The van der Waals surface area contributed by atoms with Crippen molar-refractivity contribution in [2.45, 2.75) is 12.8 Å². The van der Waals surface area contributed by atoms with Gasteiger partial charge in [0, 0.05) is 31.8 Å². The van der Waals surface area contributed by atoms with Crippen LogP contribution in [0.15, 0.2) is 18.2 Å². The predicted octanol–water partition coefficient (Wildman–Crippen LogP) is 0.725. The van der Waals surface area contributed by atoms with Crippen LogP contribution in [-0.2, 0) is 0 Å². The van der Waals surface area contributed by atoms with Gasteiger partial charge < -0.3 is 15.4 Å². The number of rotatable bonds is 5. The Hall–Kier alpha value is -2.19. The van der Waals surface area contributed by atoms with E-state index < -0.39 is 4.92 Å². The highest BCUT2D eigenvalue weighted by Gasteiger charge is 2.28. The molecule has 1 saturated heterocycles. The number of non-ortho nitro benzene ring substituents is 1. The molecule has 8 nitrogen and oxygen atoms in total. The molecule has 0 spiro atoms. The van der Waals surface area contributed by atoms with Gasteiger partial charge in [-0.3, -0.25) is 20.8 Å². The van der Waals surface area contributed by atoms with Crippen molar-refractivity contribution in [3.63, 3.8) is 0 Å². The number of benzene rings is 1. The van der Waals surface area contributed by atoms with Gasteiger partial charge in [-0.1, -0.05) is 0 Å². The fourth-order valence-electron chi connectivity index (χ4n) is 2.55. The Morgan fingerprint density at radius 1 is 1.57 bits per heavy atom. The highest BCUT2D eigenvalue weighted by molar-refractivity contribution is 6.00. The Bertz CT molecular complexity index is 549. The van der Waals surface area contributed by atoms with Gasteiger partial charge in [0.05, 0.1) is 16.2 Å². The molecule has 0 bridgehead atoms. The highest BCUT2D eigenvalue weighted by Crippen LogP contribution is 2.26. The van der Waals surface area contributed by atoms with Gasteiger partial charge in [0.1, 0.15) is 0 Å². The zero-order valence-electron chi connectivity index (χ0n) is 11.5. The number of nitro groups is 1. The van der Waals surface area contributed by atoms with Crippen molar-refractivity contribution in [1.82, 2.24) is 4.90 Å². The summed E-state index contributed by atoms with van der Waals surface area (Å²) in [5.74, 6) is 5.35. The number of likely N-dealkylation sites (tertiary alicyclic amines) is 1. The number of nitrogen functional groups attached to an aromatic ring is 1. The van der Waals surface area contributed by atoms with E-state index in [1.165, 1.54) is 18.2 Å². The van der Waals surface area contributed by atoms with Gasteiger partial charge in [0.15, 0.2) is 0 Å². The zero-order chi connectivity index (χ0) is 15.4. The molecule has 114 valence electrons. The quantitative estimate of drug-likeness (QED) is 0.418. The summed E-state index contributed by atoms with van der Waals surface area (Å²) >= 11 is 0. The molecule has 2 rings (SSSR count). The van der Waals surface area contributed by atoms with Gasteiger partial charge >= 0.3 is 0 Å². The minimum absolute atomic E-state index is 0.0963. The third-order valence-corrected chi connectivity index (χ3v) is 3.71. The first-order valence-electron chi connectivity index (χ1n) is 6.72. The van der Waals surface area contributed by atoms with Crippen LogP contribution in [0.5, 0.6) is 0 Å². The van der Waals surface area contributed by atoms with Crippen LogP contribution < -0.4 is 11.3 Å². The topological polar surface area (TPSA) is 122 Å². The monoisotopic (exact) mass is 294 g/mol. The third-order valence-electron chi connectivity index (χ3n) is 3.71. The Morgan fingerprint density at radius 3 is 2.95 bits per heavy atom. The molecule has 4 N–H and O–H groups in total. The highest BCUT2D eigenvalue weighted by atomic mass is 16.6. The van der Waals surface area contributed by atoms with E-state index in [1.807, 2.05) is 0 Å². The van der Waals surface area contributed by atoms with Crippen LogP contribution in [0.3, 0.4) is 0 Å². The SMILES string of the molecule is NNc1ccc([N+](=O)[O-])cc1C(=O)N1CCC(CCO)C1. The summed E-state index contributed by atoms with van der Waals surface area (Å²) in [5.41, 5.74) is 2.79. The second-order valence-corrected chi connectivity index (χ2v) is 5.05. The van der Waals surface area contributed by atoms with Gasteiger partial charge in [-0.05, 0) is 24.8 Å². The van der Waals surface area contributed by atoms with E-state index in [1.54, 1.807) is 4.90 Å². The molecular weight excluding hydrogens is 276 g/mol. The first-order chi connectivity index (χ1) is 10.1. The summed E-state index contributed by atoms with van der Waals surface area (Å²) in [6.45, 7) is 1.22. The van der Waals surface area contributed by atoms with E-state index in [-0.39, 0.29) is 29.7 Å². The predicted molar refractivity (Wildman–Crippen MR) is 76.6 cm³/mol. The number of aliphatic hydroxyl groups excluding tert-OH is 1. The minimum Gasteiger partial charge on any atom is -0.396 e. The smallest absolute Gasteiger partial charge is 0.270 e. The van der Waals surface area contributed by atoms with Crippen LogP contribution >= 0.6 is 0 Å². The maximum atomic E-state index is 12.5. The minimum atomic E-state index is -0.546. The van der Waals surface area contributed by atoms with E-state index in [0.29, 0.717) is 25.2 Å². The number of anilines is 1. The van der Waals surface area contributed by atoms with Crippen LogP contribution in [0, 0.1) is 16.0 Å². The van der Waals surface area contributed by atoms with Crippen molar-refractivity contribution in [3.05, 3.63) is 33.9 Å². The van der Waals surface area contributed by atoms with Crippen molar-refractivity contribution in [2.24, 2.45) is 11.8 Å². The van der Waals surface area contributed by atoms with Crippen molar-refractivity contribution in [3.8, 4) is 0 Å². The Morgan fingerprint density at radius 2 is 2.33 bits per heavy atom. The number of nitrogens with one attached hydrogen (secondary N) is 1. The van der Waals surface area contributed by atoms with E-state index in [4.69, 9.17) is 10.9 Å². The molecule has 1 aromatic rings. The van der Waals surface area contributed by atoms with Crippen LogP contribution in [0.25, 0.3) is 0 Å². The van der Waals surface area contributed by atoms with Crippen LogP contribution in [0.2, 0.25) is 0 Å². The number of hydrazine groups is 1. The normalized spacial score (nSPS) is 17.8. The number of aliphatic hydroxyl groups is 1. The number of carbonyl (C=O) groups excluding carboxylic acids is 1. The molecule has 1 aromatic carbocycles. The number of hydrogen-bond donors (Lipinski definition) is 3. The van der Waals surface area contributed by atoms with Crippen LogP contribution in [0.4, 0.5) is 11.4 Å². The second kappa shape index (κ2) is 6.51. The van der Waals surface area contributed by atoms with Crippen molar-refractivity contribution >= 4 is 17.3 Å². The number of hydrogen-bond acceptors (Lipinski definition) is 6. The third kappa shape index (κ3) is 3.29. The molecule has 0 saturated carbocycles. The van der Waals surface area contributed by atoms with Gasteiger partial charge in [0.25, 0.3) is 11.6 Å². The summed E-state index contributed by atoms with van der Waals surface area (Å²) in [6.07, 6.45) is 1.48. The lowest BCUT2D eigenvalue weighted by Crippen LogP contribution is -2.30. The number of nitrogens with two attached hydrogens (primary N) is 1. The average molecular weight is 294 g/mol. The molecule has 21 heavy (non-hydrogen) atoms. The Balaban J connectivity index is 2.22. The lowest BCUT2D eigenvalue weighted by atomic mass is 10.1. The van der Waals surface area contributed by atoms with Crippen molar-refractivity contribution in [1.29, 1.82) is 0 Å².